The molecule has 0 aromatic heterocycles. The first kappa shape index (κ1) is 13.9. The lowest BCUT2D eigenvalue weighted by Gasteiger charge is -2.33. The van der Waals surface area contributed by atoms with Crippen molar-refractivity contribution in [3.63, 3.8) is 0 Å². The fourth-order valence-corrected chi connectivity index (χ4v) is 2.51. The molecule has 1 atom stereocenters. The van der Waals surface area contributed by atoms with Gasteiger partial charge in [0.05, 0.1) is 0 Å². The Balaban J connectivity index is 1.76. The van der Waals surface area contributed by atoms with Crippen molar-refractivity contribution in [2.24, 2.45) is 11.7 Å². The number of hydrogen-bond donors (Lipinski definition) is 2. The Labute approximate surface area is 115 Å². The zero-order chi connectivity index (χ0) is 13.7. The molecular formula is C15H23N3O. The monoisotopic (exact) mass is 261 g/mol. The van der Waals surface area contributed by atoms with Gasteiger partial charge in [0.15, 0.2) is 0 Å². The number of urea groups is 1. The third kappa shape index (κ3) is 3.96. The van der Waals surface area contributed by atoms with Gasteiger partial charge in [0.1, 0.15) is 0 Å². The van der Waals surface area contributed by atoms with E-state index < -0.39 is 0 Å². The largest absolute Gasteiger partial charge is 0.334 e. The number of carbonyl (C=O) groups is 1. The van der Waals surface area contributed by atoms with Crippen LogP contribution in [0.3, 0.4) is 0 Å². The van der Waals surface area contributed by atoms with Gasteiger partial charge in [0.2, 0.25) is 0 Å². The molecule has 4 heteroatoms. The van der Waals surface area contributed by atoms with Gasteiger partial charge < -0.3 is 16.0 Å². The Morgan fingerprint density at radius 3 is 2.58 bits per heavy atom. The summed E-state index contributed by atoms with van der Waals surface area (Å²) in [5.41, 5.74) is 7.03. The number of nitrogens with one attached hydrogen (secondary N) is 1. The van der Waals surface area contributed by atoms with Gasteiger partial charge in [-0.2, -0.15) is 0 Å². The van der Waals surface area contributed by atoms with Gasteiger partial charge in [0.25, 0.3) is 0 Å². The highest BCUT2D eigenvalue weighted by Crippen LogP contribution is 2.19. The number of nitrogens with zero attached hydrogens (tertiary/aromatic N) is 1. The third-order valence-corrected chi connectivity index (χ3v) is 3.86. The molecular weight excluding hydrogens is 238 g/mol. The highest BCUT2D eigenvalue weighted by Gasteiger charge is 2.24. The van der Waals surface area contributed by atoms with Crippen LogP contribution in [0.15, 0.2) is 30.3 Å². The molecule has 104 valence electrons. The second kappa shape index (κ2) is 6.57. The third-order valence-electron chi connectivity index (χ3n) is 3.86. The molecule has 1 aliphatic rings. The molecule has 1 fully saturated rings. The van der Waals surface area contributed by atoms with E-state index in [0.29, 0.717) is 12.5 Å². The van der Waals surface area contributed by atoms with Gasteiger partial charge in [-0.05, 0) is 31.2 Å². The number of likely N-dealkylation sites (tertiary alicyclic amines) is 1. The van der Waals surface area contributed by atoms with Crippen LogP contribution in [-0.4, -0.2) is 30.1 Å². The molecule has 19 heavy (non-hydrogen) atoms. The number of nitrogens with two attached hydrogens (primary N) is 1. The van der Waals surface area contributed by atoms with Crippen LogP contribution in [0.5, 0.6) is 0 Å². The van der Waals surface area contributed by atoms with Crippen LogP contribution in [0.25, 0.3) is 0 Å². The predicted molar refractivity (Wildman–Crippen MR) is 76.6 cm³/mol. The molecule has 0 bridgehead atoms. The van der Waals surface area contributed by atoms with Crippen molar-refractivity contribution in [2.75, 3.05) is 13.1 Å². The van der Waals surface area contributed by atoms with E-state index in [-0.39, 0.29) is 12.1 Å². The number of carbonyl (C=O) groups excluding carboxylic acids is 1. The molecule has 0 radical (unpaired) electrons. The summed E-state index contributed by atoms with van der Waals surface area (Å²) >= 11 is 0. The average molecular weight is 261 g/mol. The molecule has 1 aromatic rings. The van der Waals surface area contributed by atoms with Gasteiger partial charge in [-0.1, -0.05) is 30.3 Å². The number of rotatable bonds is 3. The van der Waals surface area contributed by atoms with E-state index in [1.54, 1.807) is 0 Å². The normalized spacial score (nSPS) is 18.1. The van der Waals surface area contributed by atoms with E-state index in [1.165, 1.54) is 0 Å². The van der Waals surface area contributed by atoms with Gasteiger partial charge in [0, 0.05) is 25.7 Å². The Morgan fingerprint density at radius 1 is 1.37 bits per heavy atom. The minimum Gasteiger partial charge on any atom is -0.334 e. The van der Waals surface area contributed by atoms with Crippen LogP contribution in [0.1, 0.15) is 25.3 Å². The number of piperidine rings is 1. The molecule has 0 aliphatic carbocycles. The number of amides is 2. The average Bonchev–Trinajstić information content (AvgIpc) is 2.46. The van der Waals surface area contributed by atoms with Crippen molar-refractivity contribution in [3.05, 3.63) is 35.9 Å². The SMILES string of the molecule is CC(N)C1CCN(C(=O)NCc2ccccc2)CC1. The van der Waals surface area contributed by atoms with E-state index >= 15 is 0 Å². The first-order valence-electron chi connectivity index (χ1n) is 6.99. The van der Waals surface area contributed by atoms with Crippen LogP contribution in [0.2, 0.25) is 0 Å². The summed E-state index contributed by atoms with van der Waals surface area (Å²) in [4.78, 5) is 13.9. The van der Waals surface area contributed by atoms with Crippen molar-refractivity contribution < 1.29 is 4.79 Å². The highest BCUT2D eigenvalue weighted by molar-refractivity contribution is 5.74. The van der Waals surface area contributed by atoms with Crippen molar-refractivity contribution in [2.45, 2.75) is 32.4 Å². The Bertz CT molecular complexity index is 397. The lowest BCUT2D eigenvalue weighted by molar-refractivity contribution is 0.164. The summed E-state index contributed by atoms with van der Waals surface area (Å²) in [5, 5.41) is 2.97. The zero-order valence-corrected chi connectivity index (χ0v) is 11.5. The summed E-state index contributed by atoms with van der Waals surface area (Å²) in [6, 6.07) is 10.2. The van der Waals surface area contributed by atoms with Crippen molar-refractivity contribution in [1.82, 2.24) is 10.2 Å². The highest BCUT2D eigenvalue weighted by atomic mass is 16.2. The fourth-order valence-electron chi connectivity index (χ4n) is 2.51. The Morgan fingerprint density at radius 2 is 2.00 bits per heavy atom. The lowest BCUT2D eigenvalue weighted by Crippen LogP contribution is -2.46. The zero-order valence-electron chi connectivity index (χ0n) is 11.5. The van der Waals surface area contributed by atoms with Gasteiger partial charge in [-0.3, -0.25) is 0 Å². The van der Waals surface area contributed by atoms with Gasteiger partial charge in [-0.15, -0.1) is 0 Å². The Kier molecular flexibility index (Phi) is 4.80. The summed E-state index contributed by atoms with van der Waals surface area (Å²) in [7, 11) is 0. The van der Waals surface area contributed by atoms with Crippen LogP contribution in [-0.2, 0) is 6.54 Å². The molecule has 0 saturated carbocycles. The standard InChI is InChI=1S/C15H23N3O/c1-12(16)14-7-9-18(10-8-14)15(19)17-11-13-5-3-2-4-6-13/h2-6,12,14H,7-11,16H2,1H3,(H,17,19). The quantitative estimate of drug-likeness (QED) is 0.873. The second-order valence-corrected chi connectivity index (χ2v) is 5.33. The van der Waals surface area contributed by atoms with Crippen LogP contribution >= 0.6 is 0 Å². The van der Waals surface area contributed by atoms with Crippen LogP contribution in [0, 0.1) is 5.92 Å². The topological polar surface area (TPSA) is 58.4 Å². The first-order chi connectivity index (χ1) is 9.16. The summed E-state index contributed by atoms with van der Waals surface area (Å²) < 4.78 is 0. The molecule has 2 rings (SSSR count). The van der Waals surface area contributed by atoms with Crippen molar-refractivity contribution >= 4 is 6.03 Å². The van der Waals surface area contributed by atoms with E-state index in [0.717, 1.165) is 31.5 Å². The summed E-state index contributed by atoms with van der Waals surface area (Å²) in [6.45, 7) is 4.27. The maximum absolute atomic E-state index is 12.0. The number of hydrogen-bond acceptors (Lipinski definition) is 2. The predicted octanol–water partition coefficient (Wildman–Crippen LogP) is 1.96. The van der Waals surface area contributed by atoms with E-state index in [9.17, 15) is 4.79 Å². The van der Waals surface area contributed by atoms with Gasteiger partial charge >= 0.3 is 6.03 Å². The first-order valence-corrected chi connectivity index (χ1v) is 6.99. The molecule has 1 aliphatic heterocycles. The molecule has 1 heterocycles. The Hall–Kier alpha value is -1.55. The van der Waals surface area contributed by atoms with E-state index in [2.05, 4.69) is 12.2 Å². The molecule has 4 nitrogen and oxygen atoms in total. The summed E-state index contributed by atoms with van der Waals surface area (Å²) in [5.74, 6) is 0.554. The molecule has 3 N–H and O–H groups in total. The molecule has 2 amide bonds. The van der Waals surface area contributed by atoms with Crippen molar-refractivity contribution in [1.29, 1.82) is 0 Å². The molecule has 0 spiro atoms. The number of benzene rings is 1. The second-order valence-electron chi connectivity index (χ2n) is 5.33. The molecule has 1 unspecified atom stereocenters. The van der Waals surface area contributed by atoms with Gasteiger partial charge in [-0.25, -0.2) is 4.79 Å². The van der Waals surface area contributed by atoms with E-state index in [4.69, 9.17) is 5.73 Å². The fraction of sp³-hybridized carbons (Fsp3) is 0.533. The van der Waals surface area contributed by atoms with Crippen molar-refractivity contribution in [3.8, 4) is 0 Å². The maximum Gasteiger partial charge on any atom is 0.317 e. The van der Waals surface area contributed by atoms with Crippen LogP contribution < -0.4 is 11.1 Å². The smallest absolute Gasteiger partial charge is 0.317 e. The molecule has 1 saturated heterocycles. The van der Waals surface area contributed by atoms with Crippen LogP contribution in [0.4, 0.5) is 4.79 Å². The minimum absolute atomic E-state index is 0.0342. The molecule has 1 aromatic carbocycles. The maximum atomic E-state index is 12.0. The minimum atomic E-state index is 0.0342. The summed E-state index contributed by atoms with van der Waals surface area (Å²) in [6.07, 6.45) is 2.02. The van der Waals surface area contributed by atoms with E-state index in [1.807, 2.05) is 35.2 Å². The lowest BCUT2D eigenvalue weighted by atomic mass is 9.91.